The second kappa shape index (κ2) is 7.12. The molecule has 0 amide bonds. The molecule has 0 aromatic carbocycles. The molecule has 0 aliphatic heterocycles. The Morgan fingerprint density at radius 3 is 2.43 bits per heavy atom. The Hall–Kier alpha value is -0.880. The Balaban J connectivity index is 1.66. The first kappa shape index (κ1) is 20.4. The first-order chi connectivity index (χ1) is 13.3. The van der Waals surface area contributed by atoms with E-state index in [1.165, 1.54) is 0 Å². The van der Waals surface area contributed by atoms with E-state index >= 15 is 0 Å². The highest BCUT2D eigenvalue weighted by atomic mass is 16.4. The lowest BCUT2D eigenvalue weighted by atomic mass is 9.48. The Morgan fingerprint density at radius 2 is 1.79 bits per heavy atom. The number of aliphatic hydroxyl groups excluding tert-OH is 3. The number of hydrogen-bond acceptors (Lipinski definition) is 5. The quantitative estimate of drug-likeness (QED) is 0.632. The normalized spacial score (nSPS) is 49.1. The van der Waals surface area contributed by atoms with Crippen LogP contribution in [0.3, 0.4) is 0 Å². The lowest BCUT2D eigenvalue weighted by Gasteiger charge is -2.57. The lowest BCUT2D eigenvalue weighted by Crippen LogP contribution is -2.55. The summed E-state index contributed by atoms with van der Waals surface area (Å²) in [5.74, 6) is 1.31. The summed E-state index contributed by atoms with van der Waals surface area (Å²) in [5, 5.41) is 42.3. The van der Waals surface area contributed by atoms with E-state index < -0.39 is 5.60 Å². The summed E-state index contributed by atoms with van der Waals surface area (Å²) >= 11 is 0. The number of aliphatic hydroxyl groups is 4. The maximum absolute atomic E-state index is 11.7. The predicted octanol–water partition coefficient (Wildman–Crippen LogP) is 3.06. The van der Waals surface area contributed by atoms with Crippen molar-refractivity contribution in [1.29, 1.82) is 0 Å². The van der Waals surface area contributed by atoms with Gasteiger partial charge in [-0.25, -0.2) is 0 Å². The lowest BCUT2D eigenvalue weighted by molar-refractivity contribution is -0.159. The third-order valence-corrected chi connectivity index (χ3v) is 9.30. The highest BCUT2D eigenvalue weighted by Crippen LogP contribution is 2.67. The van der Waals surface area contributed by atoms with Crippen molar-refractivity contribution in [3.63, 3.8) is 0 Å². The van der Waals surface area contributed by atoms with Crippen LogP contribution in [0.1, 0.15) is 64.6 Å². The van der Waals surface area contributed by atoms with Gasteiger partial charge in [-0.2, -0.15) is 0 Å². The maximum Gasteiger partial charge on any atom is 0.135 e. The SMILES string of the molecule is C[C@]1([C@H]2CC[C@@]3(C)[C@@H](CC[C@@]3(O)c3ccco3)[C@@H]2CO)CC[C@H](O)C[C@@H]1CO. The molecule has 4 rings (SSSR count). The second-order valence-electron chi connectivity index (χ2n) is 10.2. The largest absolute Gasteiger partial charge is 0.466 e. The van der Waals surface area contributed by atoms with Crippen LogP contribution in [0.5, 0.6) is 0 Å². The summed E-state index contributed by atoms with van der Waals surface area (Å²) in [7, 11) is 0. The van der Waals surface area contributed by atoms with Crippen molar-refractivity contribution in [2.24, 2.45) is 34.5 Å². The van der Waals surface area contributed by atoms with Gasteiger partial charge in [-0.3, -0.25) is 0 Å². The molecule has 0 spiro atoms. The van der Waals surface area contributed by atoms with Crippen LogP contribution in [0.15, 0.2) is 22.8 Å². The van der Waals surface area contributed by atoms with Gasteiger partial charge in [-0.05, 0) is 86.2 Å². The van der Waals surface area contributed by atoms with Gasteiger partial charge in [-0.1, -0.05) is 13.8 Å². The van der Waals surface area contributed by atoms with E-state index in [2.05, 4.69) is 13.8 Å². The van der Waals surface area contributed by atoms with Crippen molar-refractivity contribution in [3.05, 3.63) is 24.2 Å². The van der Waals surface area contributed by atoms with Crippen molar-refractivity contribution in [3.8, 4) is 0 Å². The van der Waals surface area contributed by atoms with Gasteiger partial charge in [0.15, 0.2) is 0 Å². The van der Waals surface area contributed by atoms with Gasteiger partial charge in [0.25, 0.3) is 0 Å². The van der Waals surface area contributed by atoms with E-state index in [4.69, 9.17) is 4.42 Å². The molecule has 28 heavy (non-hydrogen) atoms. The Bertz CT molecular complexity index is 675. The van der Waals surface area contributed by atoms with E-state index in [1.54, 1.807) is 6.26 Å². The van der Waals surface area contributed by atoms with E-state index in [0.717, 1.165) is 32.1 Å². The van der Waals surface area contributed by atoms with Crippen molar-refractivity contribution >= 4 is 0 Å². The summed E-state index contributed by atoms with van der Waals surface area (Å²) in [6.45, 7) is 4.61. The fourth-order valence-electron chi connectivity index (χ4n) is 7.46. The van der Waals surface area contributed by atoms with Crippen molar-refractivity contribution in [2.45, 2.75) is 70.5 Å². The second-order valence-corrected chi connectivity index (χ2v) is 10.2. The van der Waals surface area contributed by atoms with Crippen LogP contribution in [0.25, 0.3) is 0 Å². The van der Waals surface area contributed by atoms with Crippen LogP contribution in [-0.4, -0.2) is 39.7 Å². The average Bonchev–Trinajstić information content (AvgIpc) is 3.31. The summed E-state index contributed by atoms with van der Waals surface area (Å²) in [4.78, 5) is 0. The summed E-state index contributed by atoms with van der Waals surface area (Å²) in [6.07, 6.45) is 6.91. The molecule has 0 radical (unpaired) electrons. The monoisotopic (exact) mass is 392 g/mol. The van der Waals surface area contributed by atoms with Gasteiger partial charge in [0, 0.05) is 18.6 Å². The molecule has 1 heterocycles. The van der Waals surface area contributed by atoms with E-state index in [-0.39, 0.29) is 47.9 Å². The first-order valence-electron chi connectivity index (χ1n) is 11.0. The zero-order valence-corrected chi connectivity index (χ0v) is 17.2. The van der Waals surface area contributed by atoms with Crippen LogP contribution in [0.2, 0.25) is 0 Å². The van der Waals surface area contributed by atoms with E-state index in [1.807, 2.05) is 12.1 Å². The van der Waals surface area contributed by atoms with Gasteiger partial charge < -0.3 is 24.8 Å². The molecule has 1 aromatic rings. The topological polar surface area (TPSA) is 94.1 Å². The average molecular weight is 393 g/mol. The summed E-state index contributed by atoms with van der Waals surface area (Å²) in [6, 6.07) is 3.71. The third kappa shape index (κ3) is 2.73. The summed E-state index contributed by atoms with van der Waals surface area (Å²) < 4.78 is 5.64. The number of hydrogen-bond donors (Lipinski definition) is 4. The molecule has 5 nitrogen and oxygen atoms in total. The standard InChI is InChI=1S/C23H36O5/c1-21(8-5-16(26)12-15(21)13-24)18-6-9-22(2)19(17(18)14-25)7-10-23(22,27)20-4-3-11-28-20/h3-4,11,15-19,24-27H,5-10,12-14H2,1-2H3/t15-,16+,17-,18+,19+,21+,22+,23-/m1/s1. The predicted molar refractivity (Wildman–Crippen MR) is 105 cm³/mol. The van der Waals surface area contributed by atoms with Gasteiger partial charge in [0.2, 0.25) is 0 Å². The Kier molecular flexibility index (Phi) is 5.18. The van der Waals surface area contributed by atoms with Gasteiger partial charge in [-0.15, -0.1) is 0 Å². The minimum atomic E-state index is -0.987. The van der Waals surface area contributed by atoms with Crippen LogP contribution >= 0.6 is 0 Å². The first-order valence-corrected chi connectivity index (χ1v) is 11.0. The minimum absolute atomic E-state index is 0.0602. The highest BCUT2D eigenvalue weighted by molar-refractivity contribution is 5.21. The molecule has 8 atom stereocenters. The molecule has 0 saturated heterocycles. The van der Waals surface area contributed by atoms with Crippen molar-refractivity contribution in [2.75, 3.05) is 13.2 Å². The van der Waals surface area contributed by atoms with Gasteiger partial charge >= 0.3 is 0 Å². The zero-order valence-electron chi connectivity index (χ0n) is 17.2. The zero-order chi connectivity index (χ0) is 20.2. The fraction of sp³-hybridized carbons (Fsp3) is 0.826. The van der Waals surface area contributed by atoms with Gasteiger partial charge in [0.1, 0.15) is 11.4 Å². The smallest absolute Gasteiger partial charge is 0.135 e. The molecule has 3 fully saturated rings. The molecule has 3 saturated carbocycles. The third-order valence-electron chi connectivity index (χ3n) is 9.30. The van der Waals surface area contributed by atoms with E-state index in [0.29, 0.717) is 24.5 Å². The number of furan rings is 1. The van der Waals surface area contributed by atoms with Crippen molar-refractivity contribution < 1.29 is 24.8 Å². The molecular formula is C23H36O5. The van der Waals surface area contributed by atoms with Crippen LogP contribution in [-0.2, 0) is 5.60 Å². The molecular weight excluding hydrogens is 356 g/mol. The van der Waals surface area contributed by atoms with Gasteiger partial charge in [0.05, 0.1) is 12.4 Å². The molecule has 3 aliphatic rings. The number of fused-ring (bicyclic) bond motifs is 1. The molecule has 0 unspecified atom stereocenters. The molecule has 3 aliphatic carbocycles. The van der Waals surface area contributed by atoms with Crippen LogP contribution < -0.4 is 0 Å². The maximum atomic E-state index is 11.7. The molecule has 5 heteroatoms. The Labute approximate surface area is 167 Å². The Morgan fingerprint density at radius 1 is 1.04 bits per heavy atom. The molecule has 158 valence electrons. The number of rotatable bonds is 4. The molecule has 1 aromatic heterocycles. The fourth-order valence-corrected chi connectivity index (χ4v) is 7.46. The van der Waals surface area contributed by atoms with Crippen molar-refractivity contribution in [1.82, 2.24) is 0 Å². The van der Waals surface area contributed by atoms with Crippen LogP contribution in [0, 0.1) is 34.5 Å². The summed E-state index contributed by atoms with van der Waals surface area (Å²) in [5.41, 5.74) is -1.40. The molecule has 4 N–H and O–H groups in total. The molecule has 0 bridgehead atoms. The minimum Gasteiger partial charge on any atom is -0.466 e. The van der Waals surface area contributed by atoms with Crippen LogP contribution in [0.4, 0.5) is 0 Å². The highest BCUT2D eigenvalue weighted by Gasteiger charge is 2.64. The van der Waals surface area contributed by atoms with E-state index in [9.17, 15) is 20.4 Å².